The van der Waals surface area contributed by atoms with Gasteiger partial charge in [-0.1, -0.05) is 108 Å². The van der Waals surface area contributed by atoms with Crippen molar-refractivity contribution in [2.24, 2.45) is 5.92 Å². The van der Waals surface area contributed by atoms with E-state index in [2.05, 4.69) is 139 Å². The van der Waals surface area contributed by atoms with E-state index in [-0.39, 0.29) is 18.3 Å². The largest absolute Gasteiger partial charge is 0.358 e. The normalized spacial score (nSPS) is 17.9. The molecule has 0 fully saturated rings. The van der Waals surface area contributed by atoms with Gasteiger partial charge in [-0.25, -0.2) is 11.1 Å². The Kier molecular flexibility index (Phi) is 11.5. The van der Waals surface area contributed by atoms with Crippen molar-refractivity contribution in [1.29, 1.82) is 0 Å². The van der Waals surface area contributed by atoms with Crippen LogP contribution in [-0.4, -0.2) is 4.21 Å². The molecular weight excluding hydrogens is 644 g/mol. The SMILES string of the molecule is CC1=[C-]C(C)(C)c2cc3c(cc21)-c1cc2c(cc1C3)C(C)(C)C=C2C.CC1=[C-]C(C)C=C1c1ccccc1.[CH2]=[Zr].[CH3-].[c-]1ccccc1. The fourth-order valence-electron chi connectivity index (χ4n) is 7.38. The van der Waals surface area contributed by atoms with E-state index in [1.165, 1.54) is 96.6 Å². The van der Waals surface area contributed by atoms with Crippen molar-refractivity contribution in [3.63, 3.8) is 0 Å². The molecule has 0 spiro atoms. The second-order valence-electron chi connectivity index (χ2n) is 13.8. The number of hydrogen-bond acceptors (Lipinski definition) is 0. The molecule has 47 heavy (non-hydrogen) atoms. The van der Waals surface area contributed by atoms with Gasteiger partial charge in [0.1, 0.15) is 0 Å². The maximum absolute atomic E-state index is 3.65. The molecule has 0 aliphatic heterocycles. The van der Waals surface area contributed by atoms with E-state index >= 15 is 0 Å². The van der Waals surface area contributed by atoms with Crippen LogP contribution in [0.3, 0.4) is 0 Å². The minimum Gasteiger partial charge on any atom is -0.358 e. The molecule has 4 aromatic carbocycles. The Morgan fingerprint density at radius 1 is 0.723 bits per heavy atom. The smallest absolute Gasteiger partial charge is 0.171 e. The standard InChI is InChI=1S/C25H25.C13H13.C6H5.CH3.CH2.Zr/c1-14-12-24(3,4)22-8-16-7-17-9-23-19(15(2)13-25(23,5)6)11-21(17)20(16)10-18(14)22;1-10-8-11(2)13(9-10)12-6-4-3-5-7-12;1-2-4-6-5-3-1;;;/h8-12H,7H2,1-6H3;3-7,9-10H,1-2H3;1-5H;1H3;1H2;/q4*-1;;. The van der Waals surface area contributed by atoms with Crippen LogP contribution in [0, 0.1) is 31.6 Å². The number of benzene rings is 4. The van der Waals surface area contributed by atoms with Crippen molar-refractivity contribution in [3.05, 3.63) is 167 Å². The Morgan fingerprint density at radius 2 is 1.30 bits per heavy atom. The van der Waals surface area contributed by atoms with Crippen molar-refractivity contribution in [2.45, 2.75) is 72.6 Å². The maximum Gasteiger partial charge on any atom is -0.171 e. The summed E-state index contributed by atoms with van der Waals surface area (Å²) < 4.78 is 3.34. The van der Waals surface area contributed by atoms with Crippen LogP contribution in [0.2, 0.25) is 0 Å². The summed E-state index contributed by atoms with van der Waals surface area (Å²) in [6.07, 6.45) is 12.8. The first-order valence-corrected chi connectivity index (χ1v) is 18.0. The van der Waals surface area contributed by atoms with Gasteiger partial charge >= 0.3 is 28.4 Å². The summed E-state index contributed by atoms with van der Waals surface area (Å²) in [5.41, 5.74) is 18.5. The Labute approximate surface area is 300 Å². The van der Waals surface area contributed by atoms with Crippen LogP contribution in [0.4, 0.5) is 0 Å². The first-order valence-electron chi connectivity index (χ1n) is 16.3. The number of rotatable bonds is 1. The summed E-state index contributed by atoms with van der Waals surface area (Å²) in [5, 5.41) is 0. The Bertz CT molecular complexity index is 1750. The summed E-state index contributed by atoms with van der Waals surface area (Å²) >= 11 is 1.30. The van der Waals surface area contributed by atoms with Crippen molar-refractivity contribution in [3.8, 4) is 11.1 Å². The summed E-state index contributed by atoms with van der Waals surface area (Å²) in [6.45, 7) is 18.0. The van der Waals surface area contributed by atoms with Gasteiger partial charge in [-0.3, -0.25) is 12.2 Å². The van der Waals surface area contributed by atoms with E-state index < -0.39 is 0 Å². The molecule has 0 radical (unpaired) electrons. The molecule has 0 heterocycles. The van der Waals surface area contributed by atoms with Crippen LogP contribution in [-0.2, 0) is 41.5 Å². The zero-order chi connectivity index (χ0) is 33.2. The fraction of sp³-hybridized carbons (Fsp3) is 0.261. The third kappa shape index (κ3) is 7.52. The van der Waals surface area contributed by atoms with Gasteiger partial charge < -0.3 is 7.43 Å². The summed E-state index contributed by atoms with van der Waals surface area (Å²) in [7, 11) is 0. The van der Waals surface area contributed by atoms with E-state index in [1.54, 1.807) is 0 Å². The Morgan fingerprint density at radius 3 is 1.83 bits per heavy atom. The maximum atomic E-state index is 3.65. The summed E-state index contributed by atoms with van der Waals surface area (Å²) in [6, 6.07) is 32.8. The predicted octanol–water partition coefficient (Wildman–Crippen LogP) is 11.8. The second-order valence-corrected chi connectivity index (χ2v) is 13.8. The fourth-order valence-corrected chi connectivity index (χ4v) is 7.38. The van der Waals surface area contributed by atoms with Crippen LogP contribution in [0.15, 0.2) is 103 Å². The molecule has 0 saturated heterocycles. The molecule has 4 aliphatic carbocycles. The Hall–Kier alpha value is -3.41. The van der Waals surface area contributed by atoms with Crippen molar-refractivity contribution >= 4 is 20.9 Å². The molecule has 0 nitrogen and oxygen atoms in total. The molecular formula is C46H48Zr-4. The molecule has 8 rings (SSSR count). The third-order valence-corrected chi connectivity index (χ3v) is 9.39. The van der Waals surface area contributed by atoms with Gasteiger partial charge in [-0.05, 0) is 58.4 Å². The van der Waals surface area contributed by atoms with Crippen LogP contribution >= 0.6 is 0 Å². The summed E-state index contributed by atoms with van der Waals surface area (Å²) in [5.74, 6) is 0.468. The average molecular weight is 692 g/mol. The van der Waals surface area contributed by atoms with E-state index in [0.29, 0.717) is 5.92 Å². The van der Waals surface area contributed by atoms with Crippen molar-refractivity contribution in [1.82, 2.24) is 0 Å². The zero-order valence-corrected chi connectivity index (χ0v) is 32.2. The van der Waals surface area contributed by atoms with Gasteiger partial charge in [0.2, 0.25) is 0 Å². The molecule has 240 valence electrons. The molecule has 4 aliphatic rings. The van der Waals surface area contributed by atoms with Gasteiger partial charge in [0.25, 0.3) is 0 Å². The minimum atomic E-state index is 0. The van der Waals surface area contributed by atoms with Crippen LogP contribution in [0.5, 0.6) is 0 Å². The van der Waals surface area contributed by atoms with Crippen LogP contribution in [0.1, 0.15) is 94.3 Å². The number of fused-ring (bicyclic) bond motifs is 5. The third-order valence-electron chi connectivity index (χ3n) is 9.39. The van der Waals surface area contributed by atoms with Gasteiger partial charge in [0, 0.05) is 5.41 Å². The van der Waals surface area contributed by atoms with E-state index in [1.807, 2.05) is 36.4 Å². The molecule has 4 aromatic rings. The van der Waals surface area contributed by atoms with Gasteiger partial charge in [-0.15, -0.1) is 17.2 Å². The molecule has 1 atom stereocenters. The molecule has 1 unspecified atom stereocenters. The Balaban J connectivity index is 0.000000190. The van der Waals surface area contributed by atoms with Crippen LogP contribution in [0.25, 0.3) is 27.8 Å². The first kappa shape index (κ1) is 36.4. The zero-order valence-electron chi connectivity index (χ0n) is 29.7. The topological polar surface area (TPSA) is 0 Å². The van der Waals surface area contributed by atoms with E-state index in [4.69, 9.17) is 0 Å². The monoisotopic (exact) mass is 690 g/mol. The molecule has 1 heteroatoms. The van der Waals surface area contributed by atoms with Crippen LogP contribution < -0.4 is 0 Å². The van der Waals surface area contributed by atoms with Gasteiger partial charge in [-0.2, -0.15) is 53.6 Å². The average Bonchev–Trinajstić information content (AvgIpc) is 3.72. The minimum absolute atomic E-state index is 0. The molecule has 0 bridgehead atoms. The van der Waals surface area contributed by atoms with Gasteiger partial charge in [0.05, 0.1) is 0 Å². The van der Waals surface area contributed by atoms with E-state index in [0.717, 1.165) is 6.42 Å². The number of hydrogen-bond donors (Lipinski definition) is 0. The quantitative estimate of drug-likeness (QED) is 0.154. The molecule has 0 amide bonds. The first-order chi connectivity index (χ1) is 21.9. The van der Waals surface area contributed by atoms with Gasteiger partial charge in [0.15, 0.2) is 0 Å². The predicted molar refractivity (Wildman–Crippen MR) is 202 cm³/mol. The molecule has 0 N–H and O–H groups in total. The van der Waals surface area contributed by atoms with Crippen molar-refractivity contribution in [2.75, 3.05) is 0 Å². The molecule has 0 aromatic heterocycles. The number of allylic oxidation sites excluding steroid dienone is 8. The van der Waals surface area contributed by atoms with Crippen molar-refractivity contribution < 1.29 is 24.2 Å². The summed E-state index contributed by atoms with van der Waals surface area (Å²) in [4.78, 5) is 0. The van der Waals surface area contributed by atoms with E-state index in [9.17, 15) is 0 Å². The molecule has 0 saturated carbocycles. The second kappa shape index (κ2) is 14.8.